The summed E-state index contributed by atoms with van der Waals surface area (Å²) in [6.45, 7) is 11.6. The van der Waals surface area contributed by atoms with E-state index in [1.807, 2.05) is 11.0 Å². The first-order valence-corrected chi connectivity index (χ1v) is 9.93. The lowest BCUT2D eigenvalue weighted by Gasteiger charge is -2.37. The Bertz CT molecular complexity index is 570. The van der Waals surface area contributed by atoms with Gasteiger partial charge >= 0.3 is 6.03 Å². The first-order chi connectivity index (χ1) is 12.5. The van der Waals surface area contributed by atoms with Gasteiger partial charge in [-0.15, -0.1) is 0 Å². The van der Waals surface area contributed by atoms with Crippen LogP contribution in [0.15, 0.2) is 30.3 Å². The van der Waals surface area contributed by atoms with E-state index in [1.165, 1.54) is 12.0 Å². The average molecular weight is 360 g/mol. The molecule has 1 unspecified atom stereocenters. The largest absolute Gasteiger partial charge is 0.379 e. The maximum atomic E-state index is 12.7. The molecule has 0 saturated carbocycles. The summed E-state index contributed by atoms with van der Waals surface area (Å²) >= 11 is 0. The van der Waals surface area contributed by atoms with Gasteiger partial charge in [-0.3, -0.25) is 4.90 Å². The fourth-order valence-electron chi connectivity index (χ4n) is 3.95. The molecule has 2 heterocycles. The quantitative estimate of drug-likeness (QED) is 0.879. The van der Waals surface area contributed by atoms with Gasteiger partial charge in [0, 0.05) is 44.7 Å². The molecule has 1 N–H and O–H groups in total. The van der Waals surface area contributed by atoms with Gasteiger partial charge in [0.1, 0.15) is 0 Å². The summed E-state index contributed by atoms with van der Waals surface area (Å²) in [5.74, 6) is 0.578. The number of likely N-dealkylation sites (tertiary alicyclic amines) is 1. The number of nitrogens with one attached hydrogen (secondary N) is 1. The molecule has 144 valence electrons. The highest BCUT2D eigenvalue weighted by Gasteiger charge is 2.27. The van der Waals surface area contributed by atoms with E-state index < -0.39 is 0 Å². The summed E-state index contributed by atoms with van der Waals surface area (Å²) in [6.07, 6.45) is 2.32. The third-order valence-electron chi connectivity index (χ3n) is 5.66. The van der Waals surface area contributed by atoms with Crippen molar-refractivity contribution in [2.24, 2.45) is 5.92 Å². The number of amides is 2. The lowest BCUT2D eigenvalue weighted by Crippen LogP contribution is -2.50. The Labute approximate surface area is 157 Å². The van der Waals surface area contributed by atoms with Crippen molar-refractivity contribution in [1.82, 2.24) is 15.1 Å². The Morgan fingerprint density at radius 1 is 1.19 bits per heavy atom. The summed E-state index contributed by atoms with van der Waals surface area (Å²) in [5, 5.41) is 3.17. The number of morpholine rings is 1. The molecule has 0 radical (unpaired) electrons. The Hall–Kier alpha value is -1.59. The van der Waals surface area contributed by atoms with Gasteiger partial charge in [-0.2, -0.15) is 0 Å². The Morgan fingerprint density at radius 3 is 2.65 bits per heavy atom. The number of urea groups is 1. The maximum absolute atomic E-state index is 12.7. The van der Waals surface area contributed by atoms with Crippen molar-refractivity contribution in [3.05, 3.63) is 35.9 Å². The summed E-state index contributed by atoms with van der Waals surface area (Å²) in [7, 11) is 0. The smallest absolute Gasteiger partial charge is 0.317 e. The van der Waals surface area contributed by atoms with Crippen molar-refractivity contribution >= 4 is 6.03 Å². The van der Waals surface area contributed by atoms with Gasteiger partial charge in [-0.05, 0) is 24.3 Å². The van der Waals surface area contributed by atoms with Crippen LogP contribution in [-0.2, 0) is 10.2 Å². The van der Waals surface area contributed by atoms with Crippen LogP contribution in [0.4, 0.5) is 4.79 Å². The Morgan fingerprint density at radius 2 is 1.92 bits per heavy atom. The van der Waals surface area contributed by atoms with Crippen molar-refractivity contribution in [3.63, 3.8) is 0 Å². The Balaban J connectivity index is 1.48. The third kappa shape index (κ3) is 5.21. The Kier molecular flexibility index (Phi) is 6.54. The molecule has 2 fully saturated rings. The van der Waals surface area contributed by atoms with E-state index in [4.69, 9.17) is 4.74 Å². The highest BCUT2D eigenvalue weighted by molar-refractivity contribution is 5.74. The number of rotatable bonds is 5. The monoisotopic (exact) mass is 359 g/mol. The van der Waals surface area contributed by atoms with Crippen molar-refractivity contribution in [3.8, 4) is 0 Å². The van der Waals surface area contributed by atoms with Crippen LogP contribution in [0.25, 0.3) is 0 Å². The highest BCUT2D eigenvalue weighted by atomic mass is 16.5. The molecule has 3 rings (SSSR count). The van der Waals surface area contributed by atoms with E-state index >= 15 is 0 Å². The predicted molar refractivity (Wildman–Crippen MR) is 104 cm³/mol. The van der Waals surface area contributed by atoms with Crippen LogP contribution in [0, 0.1) is 5.92 Å². The van der Waals surface area contributed by atoms with E-state index in [2.05, 4.69) is 48.3 Å². The average Bonchev–Trinajstić information content (AvgIpc) is 2.68. The molecule has 1 atom stereocenters. The summed E-state index contributed by atoms with van der Waals surface area (Å²) in [5.41, 5.74) is 1.18. The predicted octanol–water partition coefficient (Wildman–Crippen LogP) is 2.72. The molecule has 1 aromatic carbocycles. The molecule has 1 aromatic rings. The number of benzene rings is 1. The van der Waals surface area contributed by atoms with E-state index in [0.29, 0.717) is 12.5 Å². The van der Waals surface area contributed by atoms with E-state index in [-0.39, 0.29) is 11.4 Å². The number of hydrogen-bond donors (Lipinski definition) is 1. The van der Waals surface area contributed by atoms with Crippen LogP contribution in [0.3, 0.4) is 0 Å². The third-order valence-corrected chi connectivity index (χ3v) is 5.66. The fourth-order valence-corrected chi connectivity index (χ4v) is 3.95. The lowest BCUT2D eigenvalue weighted by atomic mass is 9.85. The van der Waals surface area contributed by atoms with Gasteiger partial charge in [0.15, 0.2) is 0 Å². The number of carbonyl (C=O) groups is 1. The summed E-state index contributed by atoms with van der Waals surface area (Å²) in [6, 6.07) is 10.5. The van der Waals surface area contributed by atoms with Crippen LogP contribution in [-0.4, -0.2) is 68.3 Å². The molecule has 0 bridgehead atoms. The van der Waals surface area contributed by atoms with Crippen molar-refractivity contribution in [2.45, 2.75) is 32.1 Å². The SMILES string of the molecule is CC(C)(CNC(=O)N1CCCC(CN2CCOCC2)C1)c1ccccc1. The highest BCUT2D eigenvalue weighted by Crippen LogP contribution is 2.22. The first kappa shape index (κ1) is 19.2. The van der Waals surface area contributed by atoms with Crippen molar-refractivity contribution < 1.29 is 9.53 Å². The minimum atomic E-state index is -0.0695. The van der Waals surface area contributed by atoms with Gasteiger partial charge < -0.3 is 15.0 Å². The summed E-state index contributed by atoms with van der Waals surface area (Å²) < 4.78 is 5.43. The van der Waals surface area contributed by atoms with Crippen LogP contribution >= 0.6 is 0 Å². The zero-order valence-corrected chi connectivity index (χ0v) is 16.2. The maximum Gasteiger partial charge on any atom is 0.317 e. The number of nitrogens with zero attached hydrogens (tertiary/aromatic N) is 2. The number of carbonyl (C=O) groups excluding carboxylic acids is 1. The fraction of sp³-hybridized carbons (Fsp3) is 0.667. The summed E-state index contributed by atoms with van der Waals surface area (Å²) in [4.78, 5) is 17.2. The molecule has 2 saturated heterocycles. The van der Waals surface area contributed by atoms with Gasteiger partial charge in [0.05, 0.1) is 13.2 Å². The number of hydrogen-bond acceptors (Lipinski definition) is 3. The normalized spacial score (nSPS) is 22.2. The minimum absolute atomic E-state index is 0.0695. The van der Waals surface area contributed by atoms with Gasteiger partial charge in [-0.25, -0.2) is 4.79 Å². The van der Waals surface area contributed by atoms with Crippen LogP contribution in [0.1, 0.15) is 32.3 Å². The van der Waals surface area contributed by atoms with E-state index in [9.17, 15) is 4.79 Å². The topological polar surface area (TPSA) is 44.8 Å². The van der Waals surface area contributed by atoms with Gasteiger partial charge in [0.2, 0.25) is 0 Å². The number of ether oxygens (including phenoxy) is 1. The molecular weight excluding hydrogens is 326 g/mol. The molecule has 2 aliphatic heterocycles. The zero-order valence-electron chi connectivity index (χ0n) is 16.2. The molecule has 0 aliphatic carbocycles. The van der Waals surface area contributed by atoms with Crippen LogP contribution in [0.5, 0.6) is 0 Å². The lowest BCUT2D eigenvalue weighted by molar-refractivity contribution is 0.0249. The molecule has 5 heteroatoms. The molecule has 2 amide bonds. The van der Waals surface area contributed by atoms with Gasteiger partial charge in [-0.1, -0.05) is 44.2 Å². The molecule has 0 aromatic heterocycles. The minimum Gasteiger partial charge on any atom is -0.379 e. The molecule has 2 aliphatic rings. The second-order valence-electron chi connectivity index (χ2n) is 8.28. The molecule has 5 nitrogen and oxygen atoms in total. The van der Waals surface area contributed by atoms with E-state index in [1.54, 1.807) is 0 Å². The molecule has 0 spiro atoms. The number of piperidine rings is 1. The second kappa shape index (κ2) is 8.87. The molecular formula is C21H33N3O2. The van der Waals surface area contributed by atoms with Crippen LogP contribution in [0.2, 0.25) is 0 Å². The van der Waals surface area contributed by atoms with Crippen LogP contribution < -0.4 is 5.32 Å². The van der Waals surface area contributed by atoms with Crippen molar-refractivity contribution in [2.75, 3.05) is 52.5 Å². The van der Waals surface area contributed by atoms with Crippen molar-refractivity contribution in [1.29, 1.82) is 0 Å². The molecule has 26 heavy (non-hydrogen) atoms. The van der Waals surface area contributed by atoms with E-state index in [0.717, 1.165) is 52.4 Å². The zero-order chi connectivity index (χ0) is 18.4. The first-order valence-electron chi connectivity index (χ1n) is 9.93. The standard InChI is InChI=1S/C21H33N3O2/c1-21(2,19-8-4-3-5-9-19)17-22-20(25)24-10-6-7-18(16-24)15-23-11-13-26-14-12-23/h3-5,8-9,18H,6-7,10-17H2,1-2H3,(H,22,25). The second-order valence-corrected chi connectivity index (χ2v) is 8.28. The van der Waals surface area contributed by atoms with Gasteiger partial charge in [0.25, 0.3) is 0 Å².